The van der Waals surface area contributed by atoms with Crippen LogP contribution in [0.15, 0.2) is 23.3 Å². The minimum Gasteiger partial charge on any atom is -0.508 e. The second kappa shape index (κ2) is 9.11. The van der Waals surface area contributed by atoms with Gasteiger partial charge in [-0.2, -0.15) is 5.10 Å². The zero-order valence-electron chi connectivity index (χ0n) is 18.8. The molecule has 3 aliphatic rings. The Balaban J connectivity index is 1.38. The summed E-state index contributed by atoms with van der Waals surface area (Å²) in [5, 5.41) is 14.5. The van der Waals surface area contributed by atoms with Crippen LogP contribution in [0, 0.1) is 17.3 Å². The quantitative estimate of drug-likeness (QED) is 0.422. The molecular formula is C26H38N2O2. The lowest BCUT2D eigenvalue weighted by Gasteiger charge is -2.49. The normalized spacial score (nSPS) is 31.1. The first-order chi connectivity index (χ1) is 14.5. The lowest BCUT2D eigenvalue weighted by atomic mass is 9.55. The third-order valence-electron chi connectivity index (χ3n) is 8.27. The smallest absolute Gasteiger partial charge is 0.240 e. The van der Waals surface area contributed by atoms with Crippen LogP contribution in [0.2, 0.25) is 0 Å². The number of rotatable bonds is 7. The highest BCUT2D eigenvalue weighted by atomic mass is 16.3. The van der Waals surface area contributed by atoms with Crippen molar-refractivity contribution in [2.45, 2.75) is 96.8 Å². The fourth-order valence-electron chi connectivity index (χ4n) is 6.62. The Kier molecular flexibility index (Phi) is 6.50. The standard InChI is InChI=1S/C26H38N2O2/c1-3-4-5-6-7-8-25(30)28-27-24-14-13-23-22-11-9-18-17-19(29)10-12-20(18)21(22)15-16-26(23,24)2/h10,12,17,21-23,29H,3-9,11,13-16H2,1-2H3,(H,28,30). The van der Waals surface area contributed by atoms with Gasteiger partial charge in [0.2, 0.25) is 5.91 Å². The molecule has 3 aliphatic carbocycles. The van der Waals surface area contributed by atoms with E-state index in [-0.39, 0.29) is 11.3 Å². The van der Waals surface area contributed by atoms with Gasteiger partial charge >= 0.3 is 0 Å². The third kappa shape index (κ3) is 4.15. The lowest BCUT2D eigenvalue weighted by molar-refractivity contribution is -0.121. The number of carbonyl (C=O) groups is 1. The summed E-state index contributed by atoms with van der Waals surface area (Å²) >= 11 is 0. The van der Waals surface area contributed by atoms with Crippen LogP contribution < -0.4 is 5.43 Å². The fraction of sp³-hybridized carbons (Fsp3) is 0.692. The molecule has 2 fully saturated rings. The van der Waals surface area contributed by atoms with Gasteiger partial charge in [-0.15, -0.1) is 0 Å². The Morgan fingerprint density at radius 2 is 2.00 bits per heavy atom. The number of hydrogen-bond donors (Lipinski definition) is 2. The molecule has 164 valence electrons. The molecule has 1 amide bonds. The molecule has 4 nitrogen and oxygen atoms in total. The number of aromatic hydroxyl groups is 1. The summed E-state index contributed by atoms with van der Waals surface area (Å²) in [5.41, 5.74) is 7.05. The van der Waals surface area contributed by atoms with E-state index in [1.165, 1.54) is 55.4 Å². The van der Waals surface area contributed by atoms with Gasteiger partial charge in [0, 0.05) is 17.5 Å². The average molecular weight is 411 g/mol. The molecule has 30 heavy (non-hydrogen) atoms. The van der Waals surface area contributed by atoms with Gasteiger partial charge in [-0.3, -0.25) is 4.79 Å². The van der Waals surface area contributed by atoms with Gasteiger partial charge in [0.05, 0.1) is 0 Å². The lowest BCUT2D eigenvalue weighted by Crippen LogP contribution is -2.43. The second-order valence-corrected chi connectivity index (χ2v) is 10.1. The summed E-state index contributed by atoms with van der Waals surface area (Å²) in [6, 6.07) is 5.99. The topological polar surface area (TPSA) is 61.7 Å². The van der Waals surface area contributed by atoms with Crippen LogP contribution in [-0.4, -0.2) is 16.7 Å². The predicted molar refractivity (Wildman–Crippen MR) is 122 cm³/mol. The average Bonchev–Trinajstić information content (AvgIpc) is 3.08. The van der Waals surface area contributed by atoms with Crippen molar-refractivity contribution in [2.75, 3.05) is 0 Å². The van der Waals surface area contributed by atoms with Crippen LogP contribution in [-0.2, 0) is 11.2 Å². The maximum Gasteiger partial charge on any atom is 0.240 e. The number of phenols is 1. The van der Waals surface area contributed by atoms with Crippen molar-refractivity contribution in [3.63, 3.8) is 0 Å². The van der Waals surface area contributed by atoms with Crippen LogP contribution in [0.1, 0.15) is 102 Å². The number of nitrogens with zero attached hydrogens (tertiary/aromatic N) is 1. The van der Waals surface area contributed by atoms with E-state index in [9.17, 15) is 9.90 Å². The van der Waals surface area contributed by atoms with E-state index < -0.39 is 0 Å². The van der Waals surface area contributed by atoms with Crippen LogP contribution >= 0.6 is 0 Å². The molecule has 4 unspecified atom stereocenters. The SMILES string of the molecule is CCCCCCCC(=O)NN=C1CCC2C3CCc4cc(O)ccc4C3CCC12C. The van der Waals surface area contributed by atoms with Crippen LogP contribution in [0.3, 0.4) is 0 Å². The summed E-state index contributed by atoms with van der Waals surface area (Å²) in [7, 11) is 0. The van der Waals surface area contributed by atoms with E-state index in [2.05, 4.69) is 30.4 Å². The Labute approximate surface area is 181 Å². The summed E-state index contributed by atoms with van der Waals surface area (Å²) in [5.74, 6) is 2.44. The molecule has 0 aromatic heterocycles. The van der Waals surface area contributed by atoms with E-state index >= 15 is 0 Å². The van der Waals surface area contributed by atoms with Gasteiger partial charge in [0.15, 0.2) is 0 Å². The van der Waals surface area contributed by atoms with Crippen LogP contribution in [0.25, 0.3) is 0 Å². The number of amides is 1. The first-order valence-electron chi connectivity index (χ1n) is 12.2. The van der Waals surface area contributed by atoms with Gasteiger partial charge in [-0.05, 0) is 86.0 Å². The van der Waals surface area contributed by atoms with E-state index in [1.54, 1.807) is 0 Å². The first kappa shape index (κ1) is 21.4. The molecule has 2 N–H and O–H groups in total. The van der Waals surface area contributed by atoms with Gasteiger partial charge in [0.1, 0.15) is 5.75 Å². The monoisotopic (exact) mass is 410 g/mol. The van der Waals surface area contributed by atoms with Crippen molar-refractivity contribution in [3.05, 3.63) is 29.3 Å². The van der Waals surface area contributed by atoms with Crippen LogP contribution in [0.5, 0.6) is 5.75 Å². The zero-order chi connectivity index (χ0) is 21.1. The summed E-state index contributed by atoms with van der Waals surface area (Å²) < 4.78 is 0. The molecule has 0 spiro atoms. The molecule has 0 aliphatic heterocycles. The molecule has 1 aromatic carbocycles. The summed E-state index contributed by atoms with van der Waals surface area (Å²) in [4.78, 5) is 12.3. The molecule has 0 saturated heterocycles. The molecule has 4 rings (SSSR count). The maximum atomic E-state index is 12.3. The molecule has 4 heteroatoms. The number of nitrogens with one attached hydrogen (secondary N) is 1. The highest BCUT2D eigenvalue weighted by molar-refractivity contribution is 5.93. The molecule has 0 heterocycles. The van der Waals surface area contributed by atoms with Crippen molar-refractivity contribution in [3.8, 4) is 5.75 Å². The highest BCUT2D eigenvalue weighted by Crippen LogP contribution is 2.59. The minimum atomic E-state index is 0.0751. The molecular weight excluding hydrogens is 372 g/mol. The van der Waals surface area contributed by atoms with Crippen molar-refractivity contribution in [2.24, 2.45) is 22.4 Å². The Morgan fingerprint density at radius 1 is 1.17 bits per heavy atom. The first-order valence-corrected chi connectivity index (χ1v) is 12.2. The fourth-order valence-corrected chi connectivity index (χ4v) is 6.62. The maximum absolute atomic E-state index is 12.3. The number of benzene rings is 1. The second-order valence-electron chi connectivity index (χ2n) is 10.1. The molecule has 0 radical (unpaired) electrons. The predicted octanol–water partition coefficient (Wildman–Crippen LogP) is 6.08. The Morgan fingerprint density at radius 3 is 2.83 bits per heavy atom. The largest absolute Gasteiger partial charge is 0.508 e. The molecule has 4 atom stereocenters. The zero-order valence-corrected chi connectivity index (χ0v) is 18.8. The number of phenolic OH excluding ortho intramolecular Hbond substituents is 1. The number of carbonyl (C=O) groups excluding carboxylic acids is 1. The van der Waals surface area contributed by atoms with Crippen LogP contribution in [0.4, 0.5) is 0 Å². The number of hydrazone groups is 1. The molecule has 1 aromatic rings. The molecule has 2 saturated carbocycles. The summed E-state index contributed by atoms with van der Waals surface area (Å²) in [6.45, 7) is 4.60. The Hall–Kier alpha value is -1.84. The van der Waals surface area contributed by atoms with Gasteiger partial charge in [-0.1, -0.05) is 45.6 Å². The van der Waals surface area contributed by atoms with Gasteiger partial charge in [-0.25, -0.2) is 5.43 Å². The van der Waals surface area contributed by atoms with E-state index in [0.717, 1.165) is 32.1 Å². The van der Waals surface area contributed by atoms with E-state index in [4.69, 9.17) is 0 Å². The van der Waals surface area contributed by atoms with E-state index in [0.29, 0.717) is 29.9 Å². The minimum absolute atomic E-state index is 0.0751. The van der Waals surface area contributed by atoms with E-state index in [1.807, 2.05) is 12.1 Å². The number of hydrogen-bond acceptors (Lipinski definition) is 3. The highest BCUT2D eigenvalue weighted by Gasteiger charge is 2.53. The number of aryl methyl sites for hydroxylation is 1. The number of unbranched alkanes of at least 4 members (excludes halogenated alkanes) is 4. The van der Waals surface area contributed by atoms with Crippen molar-refractivity contribution in [1.82, 2.24) is 5.43 Å². The summed E-state index contributed by atoms with van der Waals surface area (Å²) in [6.07, 6.45) is 13.2. The Bertz CT molecular complexity index is 802. The molecule has 0 bridgehead atoms. The van der Waals surface area contributed by atoms with Crippen molar-refractivity contribution >= 4 is 11.6 Å². The van der Waals surface area contributed by atoms with Gasteiger partial charge in [0.25, 0.3) is 0 Å². The van der Waals surface area contributed by atoms with Crippen molar-refractivity contribution in [1.29, 1.82) is 0 Å². The third-order valence-corrected chi connectivity index (χ3v) is 8.27. The number of fused-ring (bicyclic) bond motifs is 5. The van der Waals surface area contributed by atoms with Gasteiger partial charge < -0.3 is 5.11 Å². The van der Waals surface area contributed by atoms with Crippen molar-refractivity contribution < 1.29 is 9.90 Å².